The topological polar surface area (TPSA) is 18.5 Å². The molecule has 88 valence electrons. The van der Waals surface area contributed by atoms with Gasteiger partial charge < -0.3 is 9.47 Å². The van der Waals surface area contributed by atoms with Gasteiger partial charge in [0.2, 0.25) is 0 Å². The zero-order valence-corrected chi connectivity index (χ0v) is 10.4. The van der Waals surface area contributed by atoms with Gasteiger partial charge >= 0.3 is 0 Å². The number of methoxy groups -OCH3 is 1. The maximum absolute atomic E-state index is 5.60. The highest BCUT2D eigenvalue weighted by atomic mass is 32.2. The average Bonchev–Trinajstić information content (AvgIpc) is 2.41. The Bertz CT molecular complexity index is 440. The first-order chi connectivity index (χ1) is 8.38. The van der Waals surface area contributed by atoms with Gasteiger partial charge in [-0.1, -0.05) is 30.0 Å². The van der Waals surface area contributed by atoms with Gasteiger partial charge in [0.25, 0.3) is 0 Å². The third-order valence-corrected chi connectivity index (χ3v) is 3.10. The lowest BCUT2D eigenvalue weighted by Crippen LogP contribution is -1.91. The van der Waals surface area contributed by atoms with Gasteiger partial charge in [0.05, 0.1) is 7.11 Å². The molecule has 2 rings (SSSR count). The van der Waals surface area contributed by atoms with Crippen LogP contribution in [0.25, 0.3) is 0 Å². The molecule has 17 heavy (non-hydrogen) atoms. The van der Waals surface area contributed by atoms with Gasteiger partial charge in [-0.15, -0.1) is 0 Å². The molecule has 3 heteroatoms. The highest BCUT2D eigenvalue weighted by Gasteiger charge is 1.96. The second-order valence-electron chi connectivity index (χ2n) is 3.40. The molecular formula is C14H14O2S. The highest BCUT2D eigenvalue weighted by Crippen LogP contribution is 2.22. The predicted molar refractivity (Wildman–Crippen MR) is 70.8 cm³/mol. The van der Waals surface area contributed by atoms with E-state index in [0.717, 1.165) is 11.5 Å². The Morgan fingerprint density at radius 2 is 1.59 bits per heavy atom. The van der Waals surface area contributed by atoms with Crippen LogP contribution < -0.4 is 9.47 Å². The van der Waals surface area contributed by atoms with E-state index in [4.69, 9.17) is 9.47 Å². The predicted octanol–water partition coefficient (Wildman–Crippen LogP) is 3.82. The molecule has 0 aliphatic carbocycles. The zero-order valence-electron chi connectivity index (χ0n) is 9.63. The number of hydrogen-bond acceptors (Lipinski definition) is 3. The van der Waals surface area contributed by atoms with Gasteiger partial charge in [0.15, 0.2) is 0 Å². The second-order valence-corrected chi connectivity index (χ2v) is 4.39. The molecule has 0 aliphatic heterocycles. The molecule has 2 nitrogen and oxygen atoms in total. The summed E-state index contributed by atoms with van der Waals surface area (Å²) in [7, 11) is 1.67. The molecule has 0 atom stereocenters. The summed E-state index contributed by atoms with van der Waals surface area (Å²) in [5.74, 6) is 2.38. The maximum atomic E-state index is 5.60. The summed E-state index contributed by atoms with van der Waals surface area (Å²) in [4.78, 5) is 1.17. The first kappa shape index (κ1) is 11.9. The SMILES string of the molecule is COc1ccc(SCOc2ccccc2)cc1. The van der Waals surface area contributed by atoms with Crippen molar-refractivity contribution < 1.29 is 9.47 Å². The lowest BCUT2D eigenvalue weighted by molar-refractivity contribution is 0.393. The van der Waals surface area contributed by atoms with E-state index in [1.807, 2.05) is 54.6 Å². The average molecular weight is 246 g/mol. The Hall–Kier alpha value is -1.61. The third kappa shape index (κ3) is 3.71. The Labute approximate surface area is 106 Å². The molecule has 0 spiro atoms. The summed E-state index contributed by atoms with van der Waals surface area (Å²) in [5, 5.41) is 0. The van der Waals surface area contributed by atoms with Gasteiger partial charge in [-0.2, -0.15) is 0 Å². The molecule has 0 saturated heterocycles. The van der Waals surface area contributed by atoms with E-state index in [0.29, 0.717) is 5.94 Å². The Kier molecular flexibility index (Phi) is 4.33. The van der Waals surface area contributed by atoms with E-state index in [1.165, 1.54) is 4.90 Å². The van der Waals surface area contributed by atoms with Gasteiger partial charge in [0, 0.05) is 4.90 Å². The van der Waals surface area contributed by atoms with Gasteiger partial charge in [-0.25, -0.2) is 0 Å². The molecule has 2 aromatic rings. The number of para-hydroxylation sites is 1. The highest BCUT2D eigenvalue weighted by molar-refractivity contribution is 7.99. The molecule has 0 saturated carbocycles. The van der Waals surface area contributed by atoms with Crippen molar-refractivity contribution in [2.45, 2.75) is 4.90 Å². The molecule has 0 N–H and O–H groups in total. The standard InChI is InChI=1S/C14H14O2S/c1-15-12-7-9-14(10-8-12)17-11-16-13-5-3-2-4-6-13/h2-10H,11H2,1H3. The molecule has 0 fully saturated rings. The lowest BCUT2D eigenvalue weighted by Gasteiger charge is -2.06. The summed E-state index contributed by atoms with van der Waals surface area (Å²) in [5.41, 5.74) is 0. The van der Waals surface area contributed by atoms with Crippen molar-refractivity contribution >= 4 is 11.8 Å². The van der Waals surface area contributed by atoms with Crippen LogP contribution in [0.2, 0.25) is 0 Å². The minimum Gasteiger partial charge on any atom is -0.497 e. The largest absolute Gasteiger partial charge is 0.497 e. The van der Waals surface area contributed by atoms with Gasteiger partial charge in [-0.05, 0) is 36.4 Å². The van der Waals surface area contributed by atoms with Crippen molar-refractivity contribution in [3.63, 3.8) is 0 Å². The lowest BCUT2D eigenvalue weighted by atomic mass is 10.3. The van der Waals surface area contributed by atoms with Crippen molar-refractivity contribution in [3.05, 3.63) is 54.6 Å². The normalized spacial score (nSPS) is 9.94. The molecule has 0 aromatic heterocycles. The third-order valence-electron chi connectivity index (χ3n) is 2.25. The van der Waals surface area contributed by atoms with Crippen LogP contribution in [0.4, 0.5) is 0 Å². The Balaban J connectivity index is 1.82. The fourth-order valence-electron chi connectivity index (χ4n) is 1.35. The first-order valence-electron chi connectivity index (χ1n) is 5.33. The van der Waals surface area contributed by atoms with Crippen LogP contribution in [-0.2, 0) is 0 Å². The Morgan fingerprint density at radius 3 is 2.24 bits per heavy atom. The summed E-state index contributed by atoms with van der Waals surface area (Å²) < 4.78 is 10.7. The van der Waals surface area contributed by atoms with Crippen molar-refractivity contribution in [2.24, 2.45) is 0 Å². The number of benzene rings is 2. The number of ether oxygens (including phenoxy) is 2. The van der Waals surface area contributed by atoms with E-state index in [1.54, 1.807) is 18.9 Å². The van der Waals surface area contributed by atoms with Gasteiger partial charge in [0.1, 0.15) is 17.4 Å². The molecule has 0 radical (unpaired) electrons. The van der Waals surface area contributed by atoms with E-state index in [9.17, 15) is 0 Å². The van der Waals surface area contributed by atoms with E-state index in [2.05, 4.69) is 0 Å². The summed E-state index contributed by atoms with van der Waals surface area (Å²) >= 11 is 1.66. The molecule has 0 aliphatic rings. The second kappa shape index (κ2) is 6.21. The van der Waals surface area contributed by atoms with E-state index in [-0.39, 0.29) is 0 Å². The minimum atomic E-state index is 0.607. The van der Waals surface area contributed by atoms with Crippen LogP contribution in [0.15, 0.2) is 59.5 Å². The van der Waals surface area contributed by atoms with Gasteiger partial charge in [-0.3, -0.25) is 0 Å². The summed E-state index contributed by atoms with van der Waals surface area (Å²) in [6, 6.07) is 17.8. The molecular weight excluding hydrogens is 232 g/mol. The monoisotopic (exact) mass is 246 g/mol. The fourth-order valence-corrected chi connectivity index (χ4v) is 2.01. The van der Waals surface area contributed by atoms with Crippen molar-refractivity contribution in [2.75, 3.05) is 13.0 Å². The number of hydrogen-bond donors (Lipinski definition) is 0. The van der Waals surface area contributed by atoms with Crippen LogP contribution in [0.5, 0.6) is 11.5 Å². The van der Waals surface area contributed by atoms with Crippen molar-refractivity contribution in [1.29, 1.82) is 0 Å². The molecule has 0 bridgehead atoms. The number of thioether (sulfide) groups is 1. The Morgan fingerprint density at radius 1 is 0.882 bits per heavy atom. The van der Waals surface area contributed by atoms with E-state index < -0.39 is 0 Å². The number of rotatable bonds is 5. The van der Waals surface area contributed by atoms with Crippen LogP contribution >= 0.6 is 11.8 Å². The van der Waals surface area contributed by atoms with Crippen molar-refractivity contribution in [3.8, 4) is 11.5 Å². The van der Waals surface area contributed by atoms with Crippen LogP contribution in [0.3, 0.4) is 0 Å². The minimum absolute atomic E-state index is 0.607. The van der Waals surface area contributed by atoms with Crippen LogP contribution in [0.1, 0.15) is 0 Å². The molecule has 0 unspecified atom stereocenters. The van der Waals surface area contributed by atoms with Crippen molar-refractivity contribution in [1.82, 2.24) is 0 Å². The van der Waals surface area contributed by atoms with Crippen LogP contribution in [-0.4, -0.2) is 13.0 Å². The van der Waals surface area contributed by atoms with Crippen LogP contribution in [0, 0.1) is 0 Å². The maximum Gasteiger partial charge on any atom is 0.138 e. The first-order valence-corrected chi connectivity index (χ1v) is 6.32. The summed E-state index contributed by atoms with van der Waals surface area (Å²) in [6.45, 7) is 0. The smallest absolute Gasteiger partial charge is 0.138 e. The fraction of sp³-hybridized carbons (Fsp3) is 0.143. The zero-order chi connectivity index (χ0) is 11.9. The molecule has 2 aromatic carbocycles. The molecule has 0 heterocycles. The summed E-state index contributed by atoms with van der Waals surface area (Å²) in [6.07, 6.45) is 0. The molecule has 0 amide bonds. The quantitative estimate of drug-likeness (QED) is 0.590. The van der Waals surface area contributed by atoms with E-state index >= 15 is 0 Å².